The van der Waals surface area contributed by atoms with Crippen molar-refractivity contribution in [2.24, 2.45) is 0 Å². The second-order valence-electron chi connectivity index (χ2n) is 8.04. The van der Waals surface area contributed by atoms with Gasteiger partial charge in [-0.3, -0.25) is 0 Å². The van der Waals surface area contributed by atoms with Crippen LogP contribution < -0.4 is 4.57 Å². The normalized spacial score (nSPS) is 12.3. The van der Waals surface area contributed by atoms with Crippen LogP contribution in [0.1, 0.15) is 11.4 Å². The van der Waals surface area contributed by atoms with Crippen molar-refractivity contribution in [3.63, 3.8) is 0 Å². The maximum Gasteiger partial charge on any atom is 0.267 e. The van der Waals surface area contributed by atoms with E-state index >= 15 is 0 Å². The van der Waals surface area contributed by atoms with Crippen LogP contribution >= 0.6 is 0 Å². The Morgan fingerprint density at radius 1 is 0.548 bits per heavy atom. The zero-order chi connectivity index (χ0) is 20.6. The number of benzene rings is 4. The van der Waals surface area contributed by atoms with Gasteiger partial charge in [-0.2, -0.15) is 9.13 Å². The summed E-state index contributed by atoms with van der Waals surface area (Å²) >= 11 is 0. The summed E-state index contributed by atoms with van der Waals surface area (Å²) in [6, 6.07) is 39.0. The number of aryl methyl sites for hydroxylation is 1. The Hall–Kier alpha value is -3.91. The van der Waals surface area contributed by atoms with Crippen LogP contribution in [0.5, 0.6) is 0 Å². The molecule has 6 rings (SSSR count). The number of nitrogens with zero attached hydrogens (tertiary/aromatic N) is 2. The van der Waals surface area contributed by atoms with Gasteiger partial charge in [-0.05, 0) is 41.3 Å². The van der Waals surface area contributed by atoms with Crippen LogP contribution in [-0.4, -0.2) is 4.57 Å². The molecule has 0 radical (unpaired) electrons. The second kappa shape index (κ2) is 7.41. The van der Waals surface area contributed by atoms with E-state index in [1.165, 1.54) is 45.1 Å². The Morgan fingerprint density at radius 3 is 1.90 bits per heavy atom. The van der Waals surface area contributed by atoms with Crippen LogP contribution in [0, 0.1) is 0 Å². The molecule has 31 heavy (non-hydrogen) atoms. The van der Waals surface area contributed by atoms with Crippen molar-refractivity contribution in [2.75, 3.05) is 0 Å². The summed E-state index contributed by atoms with van der Waals surface area (Å²) in [6.45, 7) is 0. The quantitative estimate of drug-likeness (QED) is 0.320. The van der Waals surface area contributed by atoms with Crippen molar-refractivity contribution in [3.8, 4) is 33.8 Å². The van der Waals surface area contributed by atoms with E-state index in [1.54, 1.807) is 0 Å². The molecule has 0 unspecified atom stereocenters. The van der Waals surface area contributed by atoms with Gasteiger partial charge in [0, 0.05) is 5.56 Å². The largest absolute Gasteiger partial charge is 0.267 e. The van der Waals surface area contributed by atoms with Crippen LogP contribution in [0.4, 0.5) is 0 Å². The van der Waals surface area contributed by atoms with Crippen LogP contribution in [0.2, 0.25) is 0 Å². The first-order chi connectivity index (χ1) is 15.4. The average molecular weight is 400 g/mol. The van der Waals surface area contributed by atoms with E-state index in [4.69, 9.17) is 0 Å². The van der Waals surface area contributed by atoms with Crippen molar-refractivity contribution in [2.45, 2.75) is 12.8 Å². The number of aromatic nitrogens is 2. The molecule has 2 nitrogen and oxygen atoms in total. The van der Waals surface area contributed by atoms with Crippen molar-refractivity contribution in [1.82, 2.24) is 4.57 Å². The number of fused-ring (bicyclic) bond motifs is 3. The molecule has 0 saturated carbocycles. The van der Waals surface area contributed by atoms with Gasteiger partial charge >= 0.3 is 0 Å². The summed E-state index contributed by atoms with van der Waals surface area (Å²) in [7, 11) is 0. The summed E-state index contributed by atoms with van der Waals surface area (Å²) in [6.07, 6.45) is 4.38. The molecule has 0 spiro atoms. The fraction of sp³-hybridized carbons (Fsp3) is 0.0690. The molecule has 1 aliphatic rings. The molecule has 4 aromatic carbocycles. The van der Waals surface area contributed by atoms with Crippen LogP contribution in [0.3, 0.4) is 0 Å². The van der Waals surface area contributed by atoms with Gasteiger partial charge in [-0.25, -0.2) is 0 Å². The summed E-state index contributed by atoms with van der Waals surface area (Å²) < 4.78 is 4.81. The van der Waals surface area contributed by atoms with E-state index in [0.29, 0.717) is 0 Å². The second-order valence-corrected chi connectivity index (χ2v) is 8.04. The standard InChI is InChI=1S/C29H23N2/c1-3-9-22(10-4-1)23-15-18-26(19-16-23)31-28(24-11-5-2-6-12-24)21-30-27-14-8-7-13-25(27)17-20-29(30)31/h1-16,18-19,21H,17,20H2/q+1. The van der Waals surface area contributed by atoms with E-state index in [-0.39, 0.29) is 0 Å². The monoisotopic (exact) mass is 399 g/mol. The molecule has 1 aromatic heterocycles. The first kappa shape index (κ1) is 17.9. The topological polar surface area (TPSA) is 8.81 Å². The molecule has 0 bridgehead atoms. The van der Waals surface area contributed by atoms with E-state index in [9.17, 15) is 0 Å². The number of hydrogen-bond donors (Lipinski definition) is 0. The van der Waals surface area contributed by atoms with Gasteiger partial charge in [-0.1, -0.05) is 91.0 Å². The van der Waals surface area contributed by atoms with Gasteiger partial charge in [0.2, 0.25) is 0 Å². The molecule has 0 atom stereocenters. The first-order valence-electron chi connectivity index (χ1n) is 10.8. The SMILES string of the molecule is c1ccc(-c2ccc(-n3c(-c4ccccc4)c[n+]4c3CCc3ccccc3-4)cc2)cc1. The van der Waals surface area contributed by atoms with E-state index < -0.39 is 0 Å². The maximum atomic E-state index is 2.43. The lowest BCUT2D eigenvalue weighted by atomic mass is 10.0. The number of imidazole rings is 1. The molecule has 2 heteroatoms. The molecule has 0 saturated heterocycles. The summed E-state index contributed by atoms with van der Waals surface area (Å²) in [5.41, 5.74) is 8.84. The van der Waals surface area contributed by atoms with Gasteiger partial charge in [0.15, 0.2) is 5.69 Å². The minimum Gasteiger partial charge on any atom is -0.198 e. The molecular formula is C29H23N2+. The summed E-state index contributed by atoms with van der Waals surface area (Å²) in [5.74, 6) is 1.32. The van der Waals surface area contributed by atoms with Crippen molar-refractivity contribution in [1.29, 1.82) is 0 Å². The number of para-hydroxylation sites is 1. The Labute approximate surface area is 182 Å². The lowest BCUT2D eigenvalue weighted by Gasteiger charge is -2.14. The Bertz CT molecular complexity index is 1350. The minimum absolute atomic E-state index is 1.02. The van der Waals surface area contributed by atoms with Crippen LogP contribution in [0.25, 0.3) is 33.8 Å². The van der Waals surface area contributed by atoms with E-state index in [2.05, 4.69) is 125 Å². The molecule has 0 aliphatic carbocycles. The fourth-order valence-electron chi connectivity index (χ4n) is 4.68. The summed E-state index contributed by atoms with van der Waals surface area (Å²) in [4.78, 5) is 0. The lowest BCUT2D eigenvalue weighted by Crippen LogP contribution is -2.39. The third kappa shape index (κ3) is 3.08. The number of hydrogen-bond acceptors (Lipinski definition) is 0. The lowest BCUT2D eigenvalue weighted by molar-refractivity contribution is -0.606. The molecule has 0 N–H and O–H groups in total. The molecule has 0 fully saturated rings. The van der Waals surface area contributed by atoms with Crippen molar-refractivity contribution >= 4 is 0 Å². The predicted octanol–water partition coefficient (Wildman–Crippen LogP) is 6.19. The molecule has 1 aliphatic heterocycles. The zero-order valence-corrected chi connectivity index (χ0v) is 17.3. The number of rotatable bonds is 3. The molecule has 0 amide bonds. The van der Waals surface area contributed by atoms with Crippen molar-refractivity contribution < 1.29 is 4.57 Å². The van der Waals surface area contributed by atoms with Gasteiger partial charge in [-0.15, -0.1) is 0 Å². The highest BCUT2D eigenvalue weighted by Gasteiger charge is 2.31. The Morgan fingerprint density at radius 2 is 1.16 bits per heavy atom. The zero-order valence-electron chi connectivity index (χ0n) is 17.3. The Kier molecular flexibility index (Phi) is 4.28. The highest BCUT2D eigenvalue weighted by Crippen LogP contribution is 2.30. The highest BCUT2D eigenvalue weighted by atomic mass is 15.2. The van der Waals surface area contributed by atoms with Gasteiger partial charge < -0.3 is 0 Å². The van der Waals surface area contributed by atoms with Crippen LogP contribution in [0.15, 0.2) is 115 Å². The minimum atomic E-state index is 1.02. The van der Waals surface area contributed by atoms with Crippen LogP contribution in [-0.2, 0) is 12.8 Å². The smallest absolute Gasteiger partial charge is 0.198 e. The third-order valence-electron chi connectivity index (χ3n) is 6.20. The van der Waals surface area contributed by atoms with Gasteiger partial charge in [0.05, 0.1) is 6.42 Å². The summed E-state index contributed by atoms with van der Waals surface area (Å²) in [5, 5.41) is 0. The molecule has 148 valence electrons. The van der Waals surface area contributed by atoms with Gasteiger partial charge in [0.1, 0.15) is 17.6 Å². The predicted molar refractivity (Wildman–Crippen MR) is 126 cm³/mol. The average Bonchev–Trinajstić information content (AvgIpc) is 3.25. The first-order valence-corrected chi connectivity index (χ1v) is 10.8. The maximum absolute atomic E-state index is 2.43. The van der Waals surface area contributed by atoms with Crippen molar-refractivity contribution in [3.05, 3.63) is 127 Å². The molecule has 5 aromatic rings. The van der Waals surface area contributed by atoms with Gasteiger partial charge in [0.25, 0.3) is 5.82 Å². The third-order valence-corrected chi connectivity index (χ3v) is 6.20. The fourth-order valence-corrected chi connectivity index (χ4v) is 4.68. The Balaban J connectivity index is 1.54. The molecule has 2 heterocycles. The van der Waals surface area contributed by atoms with E-state index in [1.807, 2.05) is 0 Å². The molecular weight excluding hydrogens is 376 g/mol. The highest BCUT2D eigenvalue weighted by molar-refractivity contribution is 5.66. The van der Waals surface area contributed by atoms with E-state index in [0.717, 1.165) is 12.8 Å².